The van der Waals surface area contributed by atoms with Gasteiger partial charge in [0.05, 0.1) is 26.2 Å². The molecule has 6 N–H and O–H groups in total. The van der Waals surface area contributed by atoms with Crippen molar-refractivity contribution in [2.24, 2.45) is 69.8 Å². The predicted molar refractivity (Wildman–Crippen MR) is 246 cm³/mol. The number of aldehydes is 1. The van der Waals surface area contributed by atoms with E-state index in [9.17, 15) is 24.0 Å². The van der Waals surface area contributed by atoms with E-state index in [1.807, 2.05) is 27.7 Å². The SMILES string of the molecule is CC(C)C.CC(C)C.CC(C)CC(N)C=O.CNCC(=O)NC(CC(C)C)C(=O)NCC(=O)NC1CCC2(C)C(CCC3C4CCC(CCCC(=O)OC)C4(C)CCC32)C1. The van der Waals surface area contributed by atoms with Crippen LogP contribution in [0.4, 0.5) is 0 Å². The molecule has 60 heavy (non-hydrogen) atoms. The Balaban J connectivity index is 0.000000954. The fourth-order valence-corrected chi connectivity index (χ4v) is 10.8. The number of nitrogens with two attached hydrogens (primary N) is 1. The van der Waals surface area contributed by atoms with E-state index in [1.165, 1.54) is 45.6 Å². The van der Waals surface area contributed by atoms with Crippen molar-refractivity contribution in [2.75, 3.05) is 27.2 Å². The first-order chi connectivity index (χ1) is 28.0. The van der Waals surface area contributed by atoms with Crippen molar-refractivity contribution in [3.05, 3.63) is 0 Å². The second kappa shape index (κ2) is 27.5. The van der Waals surface area contributed by atoms with Gasteiger partial charge in [-0.2, -0.15) is 0 Å². The minimum absolute atomic E-state index is 0.0699. The topological polar surface area (TPSA) is 169 Å². The molecular weight excluding hydrogens is 755 g/mol. The van der Waals surface area contributed by atoms with E-state index in [-0.39, 0.29) is 54.8 Å². The molecule has 0 bridgehead atoms. The standard InChI is InChI=1S/C35H60N4O5.C6H13NO.2C4H10/c1-22(2)18-29(39-30(40)20-36-5)33(43)37-21-31(41)38-25-14-16-35(4)24(19-25)10-12-26-27-13-11-23(8-7-9-32(42)44-6)34(27,3)17-15-28(26)35;1-5(2)3-6(7)4-8;2*1-4(2)3/h22-29,36H,7-21H2,1-6H3,(H,37,43)(H,38,41)(H,39,40);4-6H,3,7H2,1-2H3;2*4H,1-3H3. The Labute approximate surface area is 367 Å². The third kappa shape index (κ3) is 18.8. The van der Waals surface area contributed by atoms with Gasteiger partial charge in [0.2, 0.25) is 17.7 Å². The molecule has 0 aliphatic heterocycles. The summed E-state index contributed by atoms with van der Waals surface area (Å²) in [6.45, 7) is 26.3. The third-order valence-corrected chi connectivity index (χ3v) is 13.4. The first-order valence-electron chi connectivity index (χ1n) is 23.8. The predicted octanol–water partition coefficient (Wildman–Crippen LogP) is 8.22. The van der Waals surface area contributed by atoms with Crippen molar-refractivity contribution in [1.82, 2.24) is 21.3 Å². The minimum atomic E-state index is -0.651. The monoisotopic (exact) mass is 848 g/mol. The largest absolute Gasteiger partial charge is 0.469 e. The Morgan fingerprint density at radius 1 is 0.767 bits per heavy atom. The zero-order valence-corrected chi connectivity index (χ0v) is 40.8. The van der Waals surface area contributed by atoms with Crippen molar-refractivity contribution < 1.29 is 28.7 Å². The Bertz CT molecular complexity index is 1280. The maximum atomic E-state index is 12.9. The highest BCUT2D eigenvalue weighted by Gasteiger charge is 2.60. The Hall–Kier alpha value is -2.53. The molecular formula is C49H93N5O6. The van der Waals surface area contributed by atoms with E-state index in [1.54, 1.807) is 7.05 Å². The molecule has 3 amide bonds. The van der Waals surface area contributed by atoms with Crippen LogP contribution in [0, 0.1) is 64.1 Å². The number of carbonyl (C=O) groups excluding carboxylic acids is 5. The number of amides is 3. The van der Waals surface area contributed by atoms with Gasteiger partial charge in [0, 0.05) is 12.5 Å². The summed E-state index contributed by atoms with van der Waals surface area (Å²) in [7, 11) is 3.17. The van der Waals surface area contributed by atoms with Gasteiger partial charge in [0.25, 0.3) is 0 Å². The van der Waals surface area contributed by atoms with Crippen LogP contribution in [0.15, 0.2) is 0 Å². The number of nitrogens with one attached hydrogen (secondary N) is 4. The smallest absolute Gasteiger partial charge is 0.305 e. The van der Waals surface area contributed by atoms with Gasteiger partial charge in [-0.25, -0.2) is 0 Å². The van der Waals surface area contributed by atoms with Crippen molar-refractivity contribution in [2.45, 2.75) is 191 Å². The van der Waals surface area contributed by atoms with Crippen LogP contribution in [-0.4, -0.2) is 75.3 Å². The number of ether oxygens (including phenoxy) is 1. The number of methoxy groups -OCH3 is 1. The average molecular weight is 848 g/mol. The lowest BCUT2D eigenvalue weighted by Gasteiger charge is -2.61. The van der Waals surface area contributed by atoms with Crippen LogP contribution in [0.2, 0.25) is 0 Å². The fourth-order valence-electron chi connectivity index (χ4n) is 10.8. The molecule has 0 aromatic rings. The lowest BCUT2D eigenvalue weighted by molar-refractivity contribution is -0.141. The van der Waals surface area contributed by atoms with Gasteiger partial charge in [0.1, 0.15) is 12.3 Å². The second-order valence-electron chi connectivity index (χ2n) is 21.4. The molecule has 11 nitrogen and oxygen atoms in total. The number of esters is 1. The zero-order valence-electron chi connectivity index (χ0n) is 40.8. The van der Waals surface area contributed by atoms with Crippen molar-refractivity contribution in [3.63, 3.8) is 0 Å². The van der Waals surface area contributed by atoms with Crippen LogP contribution in [0.25, 0.3) is 0 Å². The number of carbonyl (C=O) groups is 5. The number of fused-ring (bicyclic) bond motifs is 5. The van der Waals surface area contributed by atoms with Gasteiger partial charge < -0.3 is 36.5 Å². The molecule has 0 aromatic heterocycles. The maximum absolute atomic E-state index is 12.9. The van der Waals surface area contributed by atoms with E-state index in [0.29, 0.717) is 35.5 Å². The maximum Gasteiger partial charge on any atom is 0.305 e. The summed E-state index contributed by atoms with van der Waals surface area (Å²) in [6.07, 6.45) is 15.7. The Kier molecular flexibility index (Phi) is 25.4. The molecule has 4 aliphatic rings. The zero-order chi connectivity index (χ0) is 45.8. The van der Waals surface area contributed by atoms with E-state index < -0.39 is 6.04 Å². The van der Waals surface area contributed by atoms with E-state index in [2.05, 4.69) is 76.7 Å². The van der Waals surface area contributed by atoms with Crippen LogP contribution >= 0.6 is 0 Å². The van der Waals surface area contributed by atoms with Crippen molar-refractivity contribution >= 4 is 30.0 Å². The molecule has 10 atom stereocenters. The average Bonchev–Trinajstić information content (AvgIpc) is 3.49. The second-order valence-corrected chi connectivity index (χ2v) is 21.4. The van der Waals surface area contributed by atoms with Crippen molar-refractivity contribution in [3.8, 4) is 0 Å². The first kappa shape index (κ1) is 55.5. The van der Waals surface area contributed by atoms with E-state index >= 15 is 0 Å². The molecule has 4 fully saturated rings. The summed E-state index contributed by atoms with van der Waals surface area (Å²) < 4.78 is 4.87. The van der Waals surface area contributed by atoms with E-state index in [0.717, 1.165) is 80.3 Å². The van der Waals surface area contributed by atoms with Gasteiger partial charge in [-0.15, -0.1) is 0 Å². The molecule has 10 unspecified atom stereocenters. The first-order valence-corrected chi connectivity index (χ1v) is 23.8. The lowest BCUT2D eigenvalue weighted by atomic mass is 9.44. The molecule has 4 saturated carbocycles. The summed E-state index contributed by atoms with van der Waals surface area (Å²) in [5.41, 5.74) is 6.04. The fraction of sp³-hybridized carbons (Fsp3) is 0.898. The van der Waals surface area contributed by atoms with Crippen LogP contribution in [0.1, 0.15) is 173 Å². The van der Waals surface area contributed by atoms with Gasteiger partial charge in [-0.3, -0.25) is 19.2 Å². The van der Waals surface area contributed by atoms with Gasteiger partial charge in [-0.05, 0) is 155 Å². The molecule has 0 aromatic carbocycles. The summed E-state index contributed by atoms with van der Waals surface area (Å²) in [4.78, 5) is 59.4. The highest BCUT2D eigenvalue weighted by Crippen LogP contribution is 2.68. The molecule has 0 saturated heterocycles. The van der Waals surface area contributed by atoms with Gasteiger partial charge in [0.15, 0.2) is 0 Å². The van der Waals surface area contributed by atoms with Crippen LogP contribution < -0.4 is 27.0 Å². The molecule has 11 heteroatoms. The van der Waals surface area contributed by atoms with Crippen molar-refractivity contribution in [1.29, 1.82) is 0 Å². The summed E-state index contributed by atoms with van der Waals surface area (Å²) in [5, 5.41) is 11.6. The molecule has 4 rings (SSSR count). The quantitative estimate of drug-likeness (QED) is 0.0765. The number of likely N-dealkylation sites (N-methyl/N-ethyl adjacent to an activating group) is 1. The highest BCUT2D eigenvalue weighted by molar-refractivity contribution is 5.91. The molecule has 4 aliphatic carbocycles. The minimum Gasteiger partial charge on any atom is -0.469 e. The number of rotatable bonds is 16. The molecule has 350 valence electrons. The molecule has 0 heterocycles. The number of hydrogen-bond acceptors (Lipinski definition) is 8. The number of hydrogen-bond donors (Lipinski definition) is 5. The summed E-state index contributed by atoms with van der Waals surface area (Å²) in [6, 6.07) is -0.757. The van der Waals surface area contributed by atoms with E-state index in [4.69, 9.17) is 10.5 Å². The Morgan fingerprint density at radius 3 is 1.88 bits per heavy atom. The highest BCUT2D eigenvalue weighted by atomic mass is 16.5. The lowest BCUT2D eigenvalue weighted by Crippen LogP contribution is -2.56. The third-order valence-electron chi connectivity index (χ3n) is 13.4. The summed E-state index contributed by atoms with van der Waals surface area (Å²) >= 11 is 0. The van der Waals surface area contributed by atoms with Gasteiger partial charge >= 0.3 is 5.97 Å². The normalized spacial score (nSPS) is 28.8. The van der Waals surface area contributed by atoms with Crippen LogP contribution in [0.5, 0.6) is 0 Å². The summed E-state index contributed by atoms with van der Waals surface area (Å²) in [5.74, 6) is 5.35. The molecule has 0 spiro atoms. The van der Waals surface area contributed by atoms with Gasteiger partial charge in [-0.1, -0.05) is 83.1 Å². The van der Waals surface area contributed by atoms with Crippen LogP contribution in [0.3, 0.4) is 0 Å². The Morgan fingerprint density at radius 2 is 1.35 bits per heavy atom. The molecule has 0 radical (unpaired) electrons. The van der Waals surface area contributed by atoms with Crippen LogP contribution in [-0.2, 0) is 28.7 Å².